The standard InChI is InChI=1S/C16H22N4O4/c1-16(2,23-3)6-7-20-11-12(9-18-20)19-14(21)10-17-15(22)13-5-4-8-24-13/h4-5,8-9,11H,6-7,10H2,1-3H3,(H,17,22)(H,19,21). The fourth-order valence-electron chi connectivity index (χ4n) is 1.90. The van der Waals surface area contributed by atoms with Crippen molar-refractivity contribution in [3.05, 3.63) is 36.5 Å². The van der Waals surface area contributed by atoms with Gasteiger partial charge in [0.1, 0.15) is 0 Å². The third-order valence-electron chi connectivity index (χ3n) is 3.57. The lowest BCUT2D eigenvalue weighted by Crippen LogP contribution is -2.32. The van der Waals surface area contributed by atoms with Gasteiger partial charge in [-0.1, -0.05) is 0 Å². The zero-order chi connectivity index (χ0) is 17.6. The summed E-state index contributed by atoms with van der Waals surface area (Å²) in [5.74, 6) is -0.615. The van der Waals surface area contributed by atoms with E-state index in [4.69, 9.17) is 9.15 Å². The SMILES string of the molecule is COC(C)(C)CCn1cc(NC(=O)CNC(=O)c2ccco2)cn1. The van der Waals surface area contributed by atoms with E-state index in [1.807, 2.05) is 13.8 Å². The van der Waals surface area contributed by atoms with Gasteiger partial charge in [0.05, 0.1) is 30.3 Å². The number of aryl methyl sites for hydroxylation is 1. The normalized spacial score (nSPS) is 11.3. The molecule has 2 rings (SSSR count). The maximum Gasteiger partial charge on any atom is 0.287 e. The van der Waals surface area contributed by atoms with Crippen LogP contribution in [0.1, 0.15) is 30.8 Å². The number of carbonyl (C=O) groups excluding carboxylic acids is 2. The van der Waals surface area contributed by atoms with E-state index in [1.54, 1.807) is 30.3 Å². The van der Waals surface area contributed by atoms with Gasteiger partial charge in [-0.15, -0.1) is 0 Å². The summed E-state index contributed by atoms with van der Waals surface area (Å²) in [6, 6.07) is 3.13. The Morgan fingerprint density at radius 1 is 1.42 bits per heavy atom. The number of hydrogen-bond acceptors (Lipinski definition) is 5. The Balaban J connectivity index is 1.77. The van der Waals surface area contributed by atoms with Crippen LogP contribution in [0.15, 0.2) is 35.2 Å². The van der Waals surface area contributed by atoms with Gasteiger partial charge < -0.3 is 19.8 Å². The molecular formula is C16H22N4O4. The third-order valence-corrected chi connectivity index (χ3v) is 3.57. The lowest BCUT2D eigenvalue weighted by molar-refractivity contribution is -0.115. The second kappa shape index (κ2) is 7.78. The summed E-state index contributed by atoms with van der Waals surface area (Å²) in [5, 5.41) is 9.34. The van der Waals surface area contributed by atoms with Gasteiger partial charge in [-0.3, -0.25) is 14.3 Å². The molecule has 0 saturated carbocycles. The summed E-state index contributed by atoms with van der Waals surface area (Å²) >= 11 is 0. The minimum Gasteiger partial charge on any atom is -0.459 e. The quantitative estimate of drug-likeness (QED) is 0.765. The molecular weight excluding hydrogens is 312 g/mol. The molecule has 0 radical (unpaired) electrons. The Labute approximate surface area is 140 Å². The molecule has 0 unspecified atom stereocenters. The lowest BCUT2D eigenvalue weighted by atomic mass is 10.1. The second-order valence-corrected chi connectivity index (χ2v) is 5.91. The molecule has 0 bridgehead atoms. The topological polar surface area (TPSA) is 98.4 Å². The van der Waals surface area contributed by atoms with Crippen molar-refractivity contribution in [2.45, 2.75) is 32.4 Å². The predicted octanol–water partition coefficient (Wildman–Crippen LogP) is 1.66. The highest BCUT2D eigenvalue weighted by atomic mass is 16.5. The summed E-state index contributed by atoms with van der Waals surface area (Å²) < 4.78 is 12.0. The Kier molecular flexibility index (Phi) is 5.75. The molecule has 0 aliphatic carbocycles. The summed E-state index contributed by atoms with van der Waals surface area (Å²) in [5.41, 5.74) is 0.341. The zero-order valence-corrected chi connectivity index (χ0v) is 14.0. The van der Waals surface area contributed by atoms with Gasteiger partial charge in [-0.25, -0.2) is 0 Å². The van der Waals surface area contributed by atoms with E-state index in [0.717, 1.165) is 6.42 Å². The number of aromatic nitrogens is 2. The van der Waals surface area contributed by atoms with Gasteiger partial charge in [0, 0.05) is 19.9 Å². The maximum absolute atomic E-state index is 11.8. The van der Waals surface area contributed by atoms with Crippen molar-refractivity contribution in [3.63, 3.8) is 0 Å². The number of methoxy groups -OCH3 is 1. The molecule has 2 amide bonds. The molecule has 2 heterocycles. The number of anilines is 1. The molecule has 0 atom stereocenters. The van der Waals surface area contributed by atoms with Gasteiger partial charge in [0.25, 0.3) is 5.91 Å². The molecule has 0 aliphatic heterocycles. The number of rotatable bonds is 8. The van der Waals surface area contributed by atoms with Crippen LogP contribution in [-0.4, -0.2) is 40.9 Å². The van der Waals surface area contributed by atoms with Crippen molar-refractivity contribution in [1.29, 1.82) is 0 Å². The first kappa shape index (κ1) is 17.7. The highest BCUT2D eigenvalue weighted by Crippen LogP contribution is 2.14. The van der Waals surface area contributed by atoms with Crippen LogP contribution in [0.3, 0.4) is 0 Å². The number of hydrogen-bond donors (Lipinski definition) is 2. The smallest absolute Gasteiger partial charge is 0.287 e. The van der Waals surface area contributed by atoms with Gasteiger partial charge >= 0.3 is 0 Å². The molecule has 8 nitrogen and oxygen atoms in total. The molecule has 0 spiro atoms. The first-order valence-corrected chi connectivity index (χ1v) is 7.59. The van der Waals surface area contributed by atoms with Crippen LogP contribution in [-0.2, 0) is 16.1 Å². The molecule has 2 aromatic rings. The number of carbonyl (C=O) groups is 2. The van der Waals surface area contributed by atoms with Crippen molar-refractivity contribution >= 4 is 17.5 Å². The van der Waals surface area contributed by atoms with Gasteiger partial charge in [0.2, 0.25) is 5.91 Å². The van der Waals surface area contributed by atoms with E-state index in [2.05, 4.69) is 15.7 Å². The number of amides is 2. The first-order chi connectivity index (χ1) is 11.4. The van der Waals surface area contributed by atoms with Crippen molar-refractivity contribution < 1.29 is 18.7 Å². The average Bonchev–Trinajstić information content (AvgIpc) is 3.22. The molecule has 2 N–H and O–H groups in total. The summed E-state index contributed by atoms with van der Waals surface area (Å²) in [6.45, 7) is 4.52. The van der Waals surface area contributed by atoms with E-state index in [9.17, 15) is 9.59 Å². The van der Waals surface area contributed by atoms with Crippen LogP contribution < -0.4 is 10.6 Å². The van der Waals surface area contributed by atoms with Crippen LogP contribution >= 0.6 is 0 Å². The zero-order valence-electron chi connectivity index (χ0n) is 14.0. The fraction of sp³-hybridized carbons (Fsp3) is 0.438. The van der Waals surface area contributed by atoms with Gasteiger partial charge in [-0.2, -0.15) is 5.10 Å². The molecule has 0 aromatic carbocycles. The highest BCUT2D eigenvalue weighted by molar-refractivity contribution is 5.97. The van der Waals surface area contributed by atoms with E-state index >= 15 is 0 Å². The minimum atomic E-state index is -0.437. The van der Waals surface area contributed by atoms with Crippen LogP contribution in [0.2, 0.25) is 0 Å². The first-order valence-electron chi connectivity index (χ1n) is 7.59. The van der Waals surface area contributed by atoms with Gasteiger partial charge in [-0.05, 0) is 32.4 Å². The Morgan fingerprint density at radius 3 is 2.88 bits per heavy atom. The van der Waals surface area contributed by atoms with Crippen molar-refractivity contribution in [2.75, 3.05) is 19.0 Å². The van der Waals surface area contributed by atoms with E-state index < -0.39 is 5.91 Å². The second-order valence-electron chi connectivity index (χ2n) is 5.91. The van der Waals surface area contributed by atoms with Crippen LogP contribution in [0, 0.1) is 0 Å². The highest BCUT2D eigenvalue weighted by Gasteiger charge is 2.16. The molecule has 2 aromatic heterocycles. The summed E-state index contributed by atoms with van der Waals surface area (Å²) in [6.07, 6.45) is 5.48. The largest absolute Gasteiger partial charge is 0.459 e. The van der Waals surface area contributed by atoms with E-state index in [0.29, 0.717) is 12.2 Å². The Bertz CT molecular complexity index is 676. The average molecular weight is 334 g/mol. The number of nitrogens with zero attached hydrogens (tertiary/aromatic N) is 2. The van der Waals surface area contributed by atoms with Crippen molar-refractivity contribution in [3.8, 4) is 0 Å². The monoisotopic (exact) mass is 334 g/mol. The molecule has 0 fully saturated rings. The lowest BCUT2D eigenvalue weighted by Gasteiger charge is -2.22. The van der Waals surface area contributed by atoms with Crippen molar-refractivity contribution in [1.82, 2.24) is 15.1 Å². The van der Waals surface area contributed by atoms with Crippen LogP contribution in [0.4, 0.5) is 5.69 Å². The van der Waals surface area contributed by atoms with Gasteiger partial charge in [0.15, 0.2) is 5.76 Å². The van der Waals surface area contributed by atoms with Crippen LogP contribution in [0.25, 0.3) is 0 Å². The predicted molar refractivity (Wildman–Crippen MR) is 87.6 cm³/mol. The molecule has 0 aliphatic rings. The molecule has 8 heteroatoms. The maximum atomic E-state index is 11.8. The van der Waals surface area contributed by atoms with E-state index in [1.165, 1.54) is 12.3 Å². The number of nitrogens with one attached hydrogen (secondary N) is 2. The van der Waals surface area contributed by atoms with Crippen LogP contribution in [0.5, 0.6) is 0 Å². The number of ether oxygens (including phenoxy) is 1. The fourth-order valence-corrected chi connectivity index (χ4v) is 1.90. The Hall–Kier alpha value is -2.61. The van der Waals surface area contributed by atoms with E-state index in [-0.39, 0.29) is 23.8 Å². The molecule has 24 heavy (non-hydrogen) atoms. The number of furan rings is 1. The minimum absolute atomic E-state index is 0.151. The summed E-state index contributed by atoms with van der Waals surface area (Å²) in [7, 11) is 1.67. The molecule has 130 valence electrons. The third kappa shape index (κ3) is 5.24. The molecule has 0 saturated heterocycles. The summed E-state index contributed by atoms with van der Waals surface area (Å²) in [4.78, 5) is 23.5. The Morgan fingerprint density at radius 2 is 2.21 bits per heavy atom. The van der Waals surface area contributed by atoms with Crippen molar-refractivity contribution in [2.24, 2.45) is 0 Å².